The summed E-state index contributed by atoms with van der Waals surface area (Å²) in [5.74, 6) is 0. The van der Waals surface area contributed by atoms with Crippen LogP contribution in [0.3, 0.4) is 0 Å². The van der Waals surface area contributed by atoms with Crippen LogP contribution in [-0.2, 0) is 0 Å². The van der Waals surface area contributed by atoms with Gasteiger partial charge in [0, 0.05) is 22.0 Å². The van der Waals surface area contributed by atoms with Crippen molar-refractivity contribution in [3.63, 3.8) is 0 Å². The molecule has 0 fully saturated rings. The van der Waals surface area contributed by atoms with Crippen LogP contribution in [0.2, 0.25) is 10.2 Å². The molecule has 0 spiro atoms. The van der Waals surface area contributed by atoms with Gasteiger partial charge in [0.15, 0.2) is 5.22 Å². The lowest BCUT2D eigenvalue weighted by Crippen LogP contribution is -1.67. The monoisotopic (exact) mass is 200 g/mol. The molecular formula is C9H6Cl2O. The molecule has 62 valence electrons. The van der Waals surface area contributed by atoms with Crippen molar-refractivity contribution in [3.05, 3.63) is 34.0 Å². The number of hydrogen-bond donors (Lipinski definition) is 0. The normalized spacial score (nSPS) is 10.9. The number of benzene rings is 1. The highest BCUT2D eigenvalue weighted by Crippen LogP contribution is 2.30. The molecule has 0 aliphatic rings. The van der Waals surface area contributed by atoms with E-state index in [-0.39, 0.29) is 0 Å². The maximum atomic E-state index is 5.79. The number of furan rings is 1. The Bertz CT molecular complexity index is 431. The number of hydrogen-bond acceptors (Lipinski definition) is 1. The first kappa shape index (κ1) is 7.96. The lowest BCUT2D eigenvalue weighted by molar-refractivity contribution is 0.615. The lowest BCUT2D eigenvalue weighted by atomic mass is 10.2. The molecule has 3 heteroatoms. The highest BCUT2D eigenvalue weighted by molar-refractivity contribution is 6.32. The van der Waals surface area contributed by atoms with Crippen LogP contribution in [0.25, 0.3) is 11.0 Å². The molecule has 0 saturated carbocycles. The van der Waals surface area contributed by atoms with Gasteiger partial charge in [0.25, 0.3) is 0 Å². The predicted molar refractivity (Wildman–Crippen MR) is 51.0 cm³/mol. The van der Waals surface area contributed by atoms with Crippen molar-refractivity contribution in [2.75, 3.05) is 0 Å². The number of rotatable bonds is 0. The van der Waals surface area contributed by atoms with Crippen LogP contribution in [-0.4, -0.2) is 0 Å². The molecule has 12 heavy (non-hydrogen) atoms. The maximum Gasteiger partial charge on any atom is 0.197 e. The first-order chi connectivity index (χ1) is 5.68. The number of fused-ring (bicyclic) bond motifs is 1. The lowest BCUT2D eigenvalue weighted by Gasteiger charge is -1.89. The number of aryl methyl sites for hydroxylation is 1. The zero-order valence-electron chi connectivity index (χ0n) is 6.40. The molecule has 0 unspecified atom stereocenters. The smallest absolute Gasteiger partial charge is 0.197 e. The molecule has 0 saturated heterocycles. The van der Waals surface area contributed by atoms with Crippen molar-refractivity contribution < 1.29 is 4.42 Å². The van der Waals surface area contributed by atoms with Crippen molar-refractivity contribution in [1.82, 2.24) is 0 Å². The minimum absolute atomic E-state index is 0.437. The van der Waals surface area contributed by atoms with Crippen molar-refractivity contribution >= 4 is 34.2 Å². The molecular weight excluding hydrogens is 195 g/mol. The van der Waals surface area contributed by atoms with Gasteiger partial charge in [-0.3, -0.25) is 0 Å². The molecule has 1 aromatic carbocycles. The summed E-state index contributed by atoms with van der Waals surface area (Å²) >= 11 is 11.6. The SMILES string of the molecule is Cc1c(Cl)oc2cc(Cl)ccc12. The molecule has 0 aliphatic carbocycles. The second-order valence-electron chi connectivity index (χ2n) is 2.64. The van der Waals surface area contributed by atoms with E-state index in [1.54, 1.807) is 6.07 Å². The third-order valence-corrected chi connectivity index (χ3v) is 2.44. The summed E-state index contributed by atoms with van der Waals surface area (Å²) in [4.78, 5) is 0. The minimum Gasteiger partial charge on any atom is -0.444 e. The zero-order chi connectivity index (χ0) is 8.72. The fourth-order valence-electron chi connectivity index (χ4n) is 1.17. The molecule has 0 N–H and O–H groups in total. The molecule has 0 atom stereocenters. The Balaban J connectivity index is 2.87. The van der Waals surface area contributed by atoms with Gasteiger partial charge in [-0.15, -0.1) is 0 Å². The van der Waals surface area contributed by atoms with Gasteiger partial charge < -0.3 is 4.42 Å². The van der Waals surface area contributed by atoms with Gasteiger partial charge in [-0.25, -0.2) is 0 Å². The average molecular weight is 201 g/mol. The molecule has 0 amide bonds. The van der Waals surface area contributed by atoms with Crippen LogP contribution in [0.1, 0.15) is 5.56 Å². The molecule has 0 radical (unpaired) electrons. The Morgan fingerprint density at radius 2 is 2.00 bits per heavy atom. The summed E-state index contributed by atoms with van der Waals surface area (Å²) in [5, 5.41) is 2.12. The third-order valence-electron chi connectivity index (χ3n) is 1.84. The van der Waals surface area contributed by atoms with E-state index in [2.05, 4.69) is 0 Å². The zero-order valence-corrected chi connectivity index (χ0v) is 7.91. The molecule has 1 heterocycles. The van der Waals surface area contributed by atoms with Gasteiger partial charge in [-0.2, -0.15) is 0 Å². The van der Waals surface area contributed by atoms with Crippen molar-refractivity contribution in [2.45, 2.75) is 6.92 Å². The van der Waals surface area contributed by atoms with Crippen molar-refractivity contribution in [2.24, 2.45) is 0 Å². The van der Waals surface area contributed by atoms with Crippen LogP contribution in [0.15, 0.2) is 22.6 Å². The fraction of sp³-hybridized carbons (Fsp3) is 0.111. The standard InChI is InChI=1S/C9H6Cl2O/c1-5-7-3-2-6(10)4-8(7)12-9(5)11/h2-4H,1H3. The third kappa shape index (κ3) is 1.10. The van der Waals surface area contributed by atoms with E-state index in [0.29, 0.717) is 10.2 Å². The first-order valence-electron chi connectivity index (χ1n) is 3.52. The molecule has 0 bridgehead atoms. The summed E-state index contributed by atoms with van der Waals surface area (Å²) in [5.41, 5.74) is 1.70. The molecule has 1 aromatic heterocycles. The van der Waals surface area contributed by atoms with Crippen LogP contribution in [0.5, 0.6) is 0 Å². The van der Waals surface area contributed by atoms with E-state index in [4.69, 9.17) is 27.6 Å². The van der Waals surface area contributed by atoms with Crippen LogP contribution in [0.4, 0.5) is 0 Å². The molecule has 0 aliphatic heterocycles. The van der Waals surface area contributed by atoms with Crippen LogP contribution in [0, 0.1) is 6.92 Å². The van der Waals surface area contributed by atoms with Crippen LogP contribution < -0.4 is 0 Å². The van der Waals surface area contributed by atoms with Gasteiger partial charge >= 0.3 is 0 Å². The van der Waals surface area contributed by atoms with E-state index >= 15 is 0 Å². The highest BCUT2D eigenvalue weighted by Gasteiger charge is 2.07. The summed E-state index contributed by atoms with van der Waals surface area (Å²) in [7, 11) is 0. The Kier molecular flexibility index (Phi) is 1.78. The molecule has 2 aromatic rings. The maximum absolute atomic E-state index is 5.79. The van der Waals surface area contributed by atoms with E-state index in [1.165, 1.54) is 0 Å². The Morgan fingerprint density at radius 1 is 1.25 bits per heavy atom. The van der Waals surface area contributed by atoms with Gasteiger partial charge in [-0.05, 0) is 30.7 Å². The van der Waals surface area contributed by atoms with E-state index in [0.717, 1.165) is 16.5 Å². The van der Waals surface area contributed by atoms with Gasteiger partial charge in [0.2, 0.25) is 0 Å². The quantitative estimate of drug-likeness (QED) is 0.626. The Morgan fingerprint density at radius 3 is 2.75 bits per heavy atom. The Labute approximate surface area is 79.9 Å². The largest absolute Gasteiger partial charge is 0.444 e. The average Bonchev–Trinajstić information content (AvgIpc) is 2.28. The predicted octanol–water partition coefficient (Wildman–Crippen LogP) is 4.05. The summed E-state index contributed by atoms with van der Waals surface area (Å²) < 4.78 is 5.26. The Hall–Kier alpha value is -0.660. The second-order valence-corrected chi connectivity index (χ2v) is 3.42. The van der Waals surface area contributed by atoms with E-state index < -0.39 is 0 Å². The first-order valence-corrected chi connectivity index (χ1v) is 4.28. The van der Waals surface area contributed by atoms with E-state index in [1.807, 2.05) is 19.1 Å². The minimum atomic E-state index is 0.437. The van der Waals surface area contributed by atoms with Crippen molar-refractivity contribution in [1.29, 1.82) is 0 Å². The fourth-order valence-corrected chi connectivity index (χ4v) is 1.52. The summed E-state index contributed by atoms with van der Waals surface area (Å²) in [6.07, 6.45) is 0. The van der Waals surface area contributed by atoms with Crippen molar-refractivity contribution in [3.8, 4) is 0 Å². The molecule has 2 rings (SSSR count). The van der Waals surface area contributed by atoms with Gasteiger partial charge in [0.1, 0.15) is 5.58 Å². The van der Waals surface area contributed by atoms with E-state index in [9.17, 15) is 0 Å². The van der Waals surface area contributed by atoms with Crippen LogP contribution >= 0.6 is 23.2 Å². The summed E-state index contributed by atoms with van der Waals surface area (Å²) in [6.45, 7) is 1.92. The van der Waals surface area contributed by atoms with Gasteiger partial charge in [-0.1, -0.05) is 11.6 Å². The topological polar surface area (TPSA) is 13.1 Å². The van der Waals surface area contributed by atoms with Gasteiger partial charge in [0.05, 0.1) is 0 Å². The second kappa shape index (κ2) is 2.68. The number of halogens is 2. The summed E-state index contributed by atoms with van der Waals surface area (Å²) in [6, 6.07) is 5.49. The highest BCUT2D eigenvalue weighted by atomic mass is 35.5. The molecule has 1 nitrogen and oxygen atoms in total.